The number of carbonyl (C=O) groups excluding carboxylic acids is 2. The second kappa shape index (κ2) is 11.1. The second-order valence-corrected chi connectivity index (χ2v) is 9.76. The largest absolute Gasteiger partial charge is 0.342 e. The van der Waals surface area contributed by atoms with Gasteiger partial charge >= 0.3 is 0 Å². The Labute approximate surface area is 204 Å². The molecule has 2 heterocycles. The molecule has 0 bridgehead atoms. The molecule has 0 aliphatic carbocycles. The van der Waals surface area contributed by atoms with E-state index in [1.165, 1.54) is 29.2 Å². The van der Waals surface area contributed by atoms with E-state index in [0.717, 1.165) is 0 Å². The van der Waals surface area contributed by atoms with Crippen LogP contribution in [-0.2, 0) is 11.3 Å². The number of halogens is 2. The van der Waals surface area contributed by atoms with Crippen LogP contribution in [0, 0.1) is 5.92 Å². The van der Waals surface area contributed by atoms with Crippen molar-refractivity contribution in [2.24, 2.45) is 5.92 Å². The molecule has 0 aliphatic rings. The molecule has 0 spiro atoms. The fourth-order valence-corrected chi connectivity index (χ4v) is 4.78. The van der Waals surface area contributed by atoms with Crippen molar-refractivity contribution in [3.05, 3.63) is 51.2 Å². The molecule has 0 fully saturated rings. The first-order valence-electron chi connectivity index (χ1n) is 9.81. The molecule has 12 heteroatoms. The fraction of sp³-hybridized carbons (Fsp3) is 0.350. The van der Waals surface area contributed by atoms with Gasteiger partial charge < -0.3 is 15.2 Å². The van der Waals surface area contributed by atoms with Crippen molar-refractivity contribution in [3.8, 4) is 0 Å². The minimum atomic E-state index is -0.403. The highest BCUT2D eigenvalue weighted by atomic mass is 35.5. The summed E-state index contributed by atoms with van der Waals surface area (Å²) in [5, 5.41) is 18.0. The van der Waals surface area contributed by atoms with E-state index in [2.05, 4.69) is 25.8 Å². The molecule has 0 aliphatic heterocycles. The minimum absolute atomic E-state index is 0.0329. The predicted molar refractivity (Wildman–Crippen MR) is 129 cm³/mol. The van der Waals surface area contributed by atoms with Crippen molar-refractivity contribution in [1.29, 1.82) is 0 Å². The number of amides is 2. The van der Waals surface area contributed by atoms with E-state index in [4.69, 9.17) is 23.2 Å². The second-order valence-electron chi connectivity index (χ2n) is 7.08. The van der Waals surface area contributed by atoms with Crippen molar-refractivity contribution in [3.63, 3.8) is 0 Å². The highest BCUT2D eigenvalue weighted by molar-refractivity contribution is 7.99. The van der Waals surface area contributed by atoms with Crippen LogP contribution < -0.4 is 10.6 Å². The first-order chi connectivity index (χ1) is 15.3. The molecule has 3 aromatic rings. The van der Waals surface area contributed by atoms with Crippen LogP contribution in [0.3, 0.4) is 0 Å². The molecule has 2 amide bonds. The summed E-state index contributed by atoms with van der Waals surface area (Å²) in [6, 6.07) is 4.33. The lowest BCUT2D eigenvalue weighted by molar-refractivity contribution is -0.113. The first kappa shape index (κ1) is 24.5. The number of carbonyl (C=O) groups is 2. The average Bonchev–Trinajstić information content (AvgIpc) is 3.39. The van der Waals surface area contributed by atoms with Gasteiger partial charge in [-0.3, -0.25) is 9.59 Å². The van der Waals surface area contributed by atoms with E-state index >= 15 is 0 Å². The Kier molecular flexibility index (Phi) is 8.52. The summed E-state index contributed by atoms with van der Waals surface area (Å²) < 4.78 is 1.90. The van der Waals surface area contributed by atoms with E-state index in [9.17, 15) is 9.59 Å². The maximum absolute atomic E-state index is 12.9. The highest BCUT2D eigenvalue weighted by Crippen LogP contribution is 2.27. The standard InChI is InChI=1S/C20H22Cl2N6O2S2/c1-4-28-17(26-27-20(28)32-10-15(29)24-19-23-7-8-31-19)16(11(2)3)25-18(30)13-6-5-12(21)9-14(13)22/h5-9,11,16H,4,10H2,1-3H3,(H,25,30)(H,23,24,29)/t16-/m1/s1. The number of thioether (sulfide) groups is 1. The lowest BCUT2D eigenvalue weighted by Gasteiger charge is -2.22. The molecule has 1 aromatic carbocycles. The van der Waals surface area contributed by atoms with Crippen molar-refractivity contribution in [1.82, 2.24) is 25.1 Å². The van der Waals surface area contributed by atoms with Crippen molar-refractivity contribution in [2.75, 3.05) is 11.1 Å². The molecule has 3 rings (SSSR count). The molecule has 0 saturated heterocycles. The zero-order chi connectivity index (χ0) is 23.3. The molecule has 170 valence electrons. The van der Waals surface area contributed by atoms with Gasteiger partial charge in [0, 0.05) is 23.1 Å². The third-order valence-electron chi connectivity index (χ3n) is 4.48. The summed E-state index contributed by atoms with van der Waals surface area (Å²) in [7, 11) is 0. The summed E-state index contributed by atoms with van der Waals surface area (Å²) in [4.78, 5) is 29.1. The zero-order valence-electron chi connectivity index (χ0n) is 17.6. The first-order valence-corrected chi connectivity index (χ1v) is 12.4. The SMILES string of the molecule is CCn1c(SCC(=O)Nc2nccs2)nnc1[C@H](NC(=O)c1ccc(Cl)cc1Cl)C(C)C. The molecule has 2 N–H and O–H groups in total. The lowest BCUT2D eigenvalue weighted by Crippen LogP contribution is -2.34. The van der Waals surface area contributed by atoms with Crippen LogP contribution >= 0.6 is 46.3 Å². The van der Waals surface area contributed by atoms with Crippen LogP contribution in [0.4, 0.5) is 5.13 Å². The van der Waals surface area contributed by atoms with Gasteiger partial charge in [-0.1, -0.05) is 48.8 Å². The Morgan fingerprint density at radius 3 is 2.66 bits per heavy atom. The molecule has 0 saturated carbocycles. The summed E-state index contributed by atoms with van der Waals surface area (Å²) in [6.07, 6.45) is 1.63. The van der Waals surface area contributed by atoms with E-state index in [0.29, 0.717) is 33.2 Å². The normalized spacial score (nSPS) is 12.1. The van der Waals surface area contributed by atoms with Gasteiger partial charge in [-0.05, 0) is 31.0 Å². The van der Waals surface area contributed by atoms with E-state index < -0.39 is 6.04 Å². The van der Waals surface area contributed by atoms with Crippen LogP contribution in [0.1, 0.15) is 43.0 Å². The number of anilines is 1. The number of hydrogen-bond acceptors (Lipinski definition) is 7. The fourth-order valence-electron chi connectivity index (χ4n) is 2.93. The summed E-state index contributed by atoms with van der Waals surface area (Å²) in [6.45, 7) is 6.51. The van der Waals surface area contributed by atoms with Gasteiger partial charge in [-0.25, -0.2) is 4.98 Å². The van der Waals surface area contributed by atoms with Crippen molar-refractivity contribution in [2.45, 2.75) is 38.5 Å². The summed E-state index contributed by atoms with van der Waals surface area (Å²) in [5.74, 6) is 0.308. The zero-order valence-corrected chi connectivity index (χ0v) is 20.8. The van der Waals surface area contributed by atoms with Gasteiger partial charge in [0.1, 0.15) is 0 Å². The Morgan fingerprint density at radius 1 is 1.25 bits per heavy atom. The molecule has 8 nitrogen and oxygen atoms in total. The number of nitrogens with zero attached hydrogens (tertiary/aromatic N) is 4. The van der Waals surface area contributed by atoms with Crippen molar-refractivity contribution >= 4 is 63.2 Å². The molecule has 2 aromatic heterocycles. The summed E-state index contributed by atoms with van der Waals surface area (Å²) >= 11 is 14.8. The summed E-state index contributed by atoms with van der Waals surface area (Å²) in [5.41, 5.74) is 0.331. The van der Waals surface area contributed by atoms with E-state index in [1.807, 2.05) is 25.3 Å². The Morgan fingerprint density at radius 2 is 2.03 bits per heavy atom. The maximum atomic E-state index is 12.9. The van der Waals surface area contributed by atoms with Gasteiger partial charge in [0.05, 0.1) is 22.4 Å². The van der Waals surface area contributed by atoms with Crippen LogP contribution in [0.25, 0.3) is 0 Å². The van der Waals surface area contributed by atoms with E-state index in [1.54, 1.807) is 23.7 Å². The van der Waals surface area contributed by atoms with Crippen LogP contribution in [-0.4, -0.2) is 37.3 Å². The third-order valence-corrected chi connectivity index (χ3v) is 6.68. The number of thiazole rings is 1. The molecule has 0 radical (unpaired) electrons. The van der Waals surface area contributed by atoms with Crippen LogP contribution in [0.15, 0.2) is 34.9 Å². The lowest BCUT2D eigenvalue weighted by atomic mass is 10.0. The van der Waals surface area contributed by atoms with Gasteiger partial charge in [0.25, 0.3) is 5.91 Å². The number of nitrogens with one attached hydrogen (secondary N) is 2. The monoisotopic (exact) mass is 512 g/mol. The van der Waals surface area contributed by atoms with Crippen LogP contribution in [0.5, 0.6) is 0 Å². The molecular weight excluding hydrogens is 491 g/mol. The number of benzene rings is 1. The maximum Gasteiger partial charge on any atom is 0.253 e. The minimum Gasteiger partial charge on any atom is -0.342 e. The molecular formula is C20H22Cl2N6O2S2. The Balaban J connectivity index is 1.74. The van der Waals surface area contributed by atoms with Crippen molar-refractivity contribution < 1.29 is 9.59 Å². The van der Waals surface area contributed by atoms with Gasteiger partial charge in [0.15, 0.2) is 16.1 Å². The molecule has 0 unspecified atom stereocenters. The van der Waals surface area contributed by atoms with Gasteiger partial charge in [0.2, 0.25) is 5.91 Å². The topological polar surface area (TPSA) is 102 Å². The number of hydrogen-bond donors (Lipinski definition) is 2. The smallest absolute Gasteiger partial charge is 0.253 e. The van der Waals surface area contributed by atoms with Gasteiger partial charge in [-0.15, -0.1) is 21.5 Å². The average molecular weight is 513 g/mol. The Hall–Kier alpha value is -2.14. The Bertz CT molecular complexity index is 1090. The third kappa shape index (κ3) is 6.00. The highest BCUT2D eigenvalue weighted by Gasteiger charge is 2.27. The number of aromatic nitrogens is 4. The molecule has 32 heavy (non-hydrogen) atoms. The number of rotatable bonds is 9. The van der Waals surface area contributed by atoms with E-state index in [-0.39, 0.29) is 28.5 Å². The molecule has 1 atom stereocenters. The quantitative estimate of drug-likeness (QED) is 0.394. The van der Waals surface area contributed by atoms with Crippen LogP contribution in [0.2, 0.25) is 10.0 Å². The predicted octanol–water partition coefficient (Wildman–Crippen LogP) is 4.92. The van der Waals surface area contributed by atoms with Gasteiger partial charge in [-0.2, -0.15) is 0 Å².